The summed E-state index contributed by atoms with van der Waals surface area (Å²) in [5, 5.41) is 9.28. The van der Waals surface area contributed by atoms with Crippen molar-refractivity contribution in [1.82, 2.24) is 0 Å². The maximum atomic E-state index is 11.3. The van der Waals surface area contributed by atoms with Gasteiger partial charge in [0.15, 0.2) is 0 Å². The average Bonchev–Trinajstić information content (AvgIpc) is 2.53. The van der Waals surface area contributed by atoms with E-state index in [1.165, 1.54) is 6.42 Å². The van der Waals surface area contributed by atoms with Gasteiger partial charge in [-0.05, 0) is 49.8 Å². The van der Waals surface area contributed by atoms with Gasteiger partial charge in [0, 0.05) is 13.1 Å². The van der Waals surface area contributed by atoms with Crippen LogP contribution in [-0.2, 0) is 0 Å². The summed E-state index contributed by atoms with van der Waals surface area (Å²) in [6.07, 6.45) is 3.53. The van der Waals surface area contributed by atoms with Crippen LogP contribution in [0.2, 0.25) is 0 Å². The number of rotatable bonds is 2. The summed E-state index contributed by atoms with van der Waals surface area (Å²) in [7, 11) is 0. The number of carbonyl (C=O) groups is 1. The van der Waals surface area contributed by atoms with Crippen molar-refractivity contribution in [1.29, 1.82) is 0 Å². The molecule has 1 aliphatic heterocycles. The molecule has 1 atom stereocenters. The minimum Gasteiger partial charge on any atom is -0.478 e. The first kappa shape index (κ1) is 12.9. The summed E-state index contributed by atoms with van der Waals surface area (Å²) < 4.78 is 0. The highest BCUT2D eigenvalue weighted by molar-refractivity contribution is 5.94. The van der Waals surface area contributed by atoms with Crippen LogP contribution >= 0.6 is 0 Å². The average molecular weight is 247 g/mol. The fraction of sp³-hybridized carbons (Fsp3) is 0.533. The summed E-state index contributed by atoms with van der Waals surface area (Å²) in [5.74, 6) is -0.0876. The summed E-state index contributed by atoms with van der Waals surface area (Å²) >= 11 is 0. The number of carboxylic acid groups (broad SMARTS) is 1. The van der Waals surface area contributed by atoms with Gasteiger partial charge in [0.2, 0.25) is 0 Å². The van der Waals surface area contributed by atoms with Crippen molar-refractivity contribution >= 4 is 11.7 Å². The third kappa shape index (κ3) is 2.84. The number of anilines is 1. The number of hydrogen-bond donors (Lipinski definition) is 1. The largest absolute Gasteiger partial charge is 0.478 e. The lowest BCUT2D eigenvalue weighted by Crippen LogP contribution is -2.26. The minimum atomic E-state index is -0.831. The van der Waals surface area contributed by atoms with Crippen LogP contribution in [0.3, 0.4) is 0 Å². The van der Waals surface area contributed by atoms with Gasteiger partial charge in [-0.25, -0.2) is 4.79 Å². The topological polar surface area (TPSA) is 40.5 Å². The predicted octanol–water partition coefficient (Wildman–Crippen LogP) is 3.32. The fourth-order valence-electron chi connectivity index (χ4n) is 2.59. The first-order valence-electron chi connectivity index (χ1n) is 6.67. The third-order valence-electron chi connectivity index (χ3n) is 3.74. The minimum absolute atomic E-state index is 0.426. The zero-order valence-electron chi connectivity index (χ0n) is 11.1. The fourth-order valence-corrected chi connectivity index (χ4v) is 2.59. The highest BCUT2D eigenvalue weighted by Gasteiger charge is 2.19. The number of carboxylic acids is 1. The molecule has 0 bridgehead atoms. The normalized spacial score (nSPS) is 20.6. The Labute approximate surface area is 108 Å². The van der Waals surface area contributed by atoms with Crippen molar-refractivity contribution in [2.24, 2.45) is 5.92 Å². The van der Waals surface area contributed by atoms with Crippen molar-refractivity contribution in [2.45, 2.75) is 33.1 Å². The van der Waals surface area contributed by atoms with E-state index in [0.29, 0.717) is 5.56 Å². The molecule has 0 aromatic heterocycles. The Morgan fingerprint density at radius 3 is 2.83 bits per heavy atom. The molecule has 1 fully saturated rings. The first-order chi connectivity index (χ1) is 8.58. The van der Waals surface area contributed by atoms with Gasteiger partial charge in [0.05, 0.1) is 11.3 Å². The Kier molecular flexibility index (Phi) is 3.90. The number of aryl methyl sites for hydroxylation is 1. The molecule has 3 heteroatoms. The van der Waals surface area contributed by atoms with E-state index < -0.39 is 5.97 Å². The summed E-state index contributed by atoms with van der Waals surface area (Å²) in [5.41, 5.74) is 2.43. The van der Waals surface area contributed by atoms with E-state index in [1.54, 1.807) is 6.07 Å². The molecule has 1 saturated heterocycles. The van der Waals surface area contributed by atoms with E-state index in [9.17, 15) is 9.90 Å². The monoisotopic (exact) mass is 247 g/mol. The second-order valence-corrected chi connectivity index (χ2v) is 5.35. The molecule has 18 heavy (non-hydrogen) atoms. The van der Waals surface area contributed by atoms with Gasteiger partial charge in [-0.15, -0.1) is 0 Å². The maximum Gasteiger partial charge on any atom is 0.337 e. The van der Waals surface area contributed by atoms with Gasteiger partial charge in [-0.2, -0.15) is 0 Å². The van der Waals surface area contributed by atoms with E-state index in [1.807, 2.05) is 19.1 Å². The van der Waals surface area contributed by atoms with E-state index in [0.717, 1.165) is 43.1 Å². The van der Waals surface area contributed by atoms with Gasteiger partial charge >= 0.3 is 5.97 Å². The highest BCUT2D eigenvalue weighted by Crippen LogP contribution is 2.26. The van der Waals surface area contributed by atoms with Gasteiger partial charge in [0.1, 0.15) is 0 Å². The number of benzene rings is 1. The van der Waals surface area contributed by atoms with Crippen molar-refractivity contribution < 1.29 is 9.90 Å². The van der Waals surface area contributed by atoms with E-state index >= 15 is 0 Å². The highest BCUT2D eigenvalue weighted by atomic mass is 16.4. The molecular formula is C15H21NO2. The first-order valence-corrected chi connectivity index (χ1v) is 6.67. The smallest absolute Gasteiger partial charge is 0.337 e. The zero-order chi connectivity index (χ0) is 13.1. The third-order valence-corrected chi connectivity index (χ3v) is 3.74. The molecule has 1 unspecified atom stereocenters. The van der Waals surface area contributed by atoms with Crippen LogP contribution in [0.4, 0.5) is 5.69 Å². The number of aromatic carboxylic acids is 1. The Hall–Kier alpha value is -1.51. The second kappa shape index (κ2) is 5.42. The van der Waals surface area contributed by atoms with Crippen LogP contribution in [0.5, 0.6) is 0 Å². The SMILES string of the molecule is Cc1ccc(C(=O)O)c(N2CCCC(C)CC2)c1. The quantitative estimate of drug-likeness (QED) is 0.871. The Morgan fingerprint density at radius 2 is 2.11 bits per heavy atom. The van der Waals surface area contributed by atoms with Gasteiger partial charge in [0.25, 0.3) is 0 Å². The molecule has 1 aliphatic rings. The molecule has 0 aliphatic carbocycles. The lowest BCUT2D eigenvalue weighted by Gasteiger charge is -2.25. The van der Waals surface area contributed by atoms with E-state index in [4.69, 9.17) is 0 Å². The van der Waals surface area contributed by atoms with Crippen LogP contribution in [0.15, 0.2) is 18.2 Å². The molecular weight excluding hydrogens is 226 g/mol. The van der Waals surface area contributed by atoms with Crippen molar-refractivity contribution in [3.8, 4) is 0 Å². The lowest BCUT2D eigenvalue weighted by atomic mass is 10.0. The maximum absolute atomic E-state index is 11.3. The molecule has 0 radical (unpaired) electrons. The van der Waals surface area contributed by atoms with E-state index in [2.05, 4.69) is 11.8 Å². The Balaban J connectivity index is 2.30. The molecule has 1 aromatic rings. The van der Waals surface area contributed by atoms with Crippen LogP contribution in [-0.4, -0.2) is 24.2 Å². The molecule has 0 spiro atoms. The van der Waals surface area contributed by atoms with Gasteiger partial charge in [-0.1, -0.05) is 13.0 Å². The van der Waals surface area contributed by atoms with Crippen LogP contribution in [0.25, 0.3) is 0 Å². The summed E-state index contributed by atoms with van der Waals surface area (Å²) in [6, 6.07) is 5.59. The summed E-state index contributed by atoms with van der Waals surface area (Å²) in [6.45, 7) is 6.21. The molecule has 0 saturated carbocycles. The Morgan fingerprint density at radius 1 is 1.33 bits per heavy atom. The number of nitrogens with zero attached hydrogens (tertiary/aromatic N) is 1. The van der Waals surface area contributed by atoms with Crippen molar-refractivity contribution in [2.75, 3.05) is 18.0 Å². The van der Waals surface area contributed by atoms with Crippen LogP contribution in [0.1, 0.15) is 42.1 Å². The molecule has 1 N–H and O–H groups in total. The Bertz CT molecular complexity index is 442. The predicted molar refractivity (Wildman–Crippen MR) is 73.4 cm³/mol. The van der Waals surface area contributed by atoms with Gasteiger partial charge < -0.3 is 10.0 Å². The van der Waals surface area contributed by atoms with E-state index in [-0.39, 0.29) is 0 Å². The molecule has 1 aromatic carbocycles. The summed E-state index contributed by atoms with van der Waals surface area (Å²) in [4.78, 5) is 13.5. The molecule has 1 heterocycles. The molecule has 0 amide bonds. The van der Waals surface area contributed by atoms with Crippen LogP contribution in [0, 0.1) is 12.8 Å². The number of hydrogen-bond acceptors (Lipinski definition) is 2. The second-order valence-electron chi connectivity index (χ2n) is 5.35. The van der Waals surface area contributed by atoms with Gasteiger partial charge in [-0.3, -0.25) is 0 Å². The standard InChI is InChI=1S/C15H21NO2/c1-11-4-3-8-16(9-7-11)14-10-12(2)5-6-13(14)15(17)18/h5-6,10-11H,3-4,7-9H2,1-2H3,(H,17,18). The van der Waals surface area contributed by atoms with Crippen molar-refractivity contribution in [3.05, 3.63) is 29.3 Å². The van der Waals surface area contributed by atoms with Crippen molar-refractivity contribution in [3.63, 3.8) is 0 Å². The lowest BCUT2D eigenvalue weighted by molar-refractivity contribution is 0.0697. The molecule has 98 valence electrons. The molecule has 3 nitrogen and oxygen atoms in total. The van der Waals surface area contributed by atoms with Crippen LogP contribution < -0.4 is 4.90 Å². The molecule has 2 rings (SSSR count). The zero-order valence-corrected chi connectivity index (χ0v) is 11.1.